The maximum Gasteiger partial charge on any atom is 0.270 e. The first-order chi connectivity index (χ1) is 12.4. The third-order valence-electron chi connectivity index (χ3n) is 3.68. The average molecular weight is 482 g/mol. The van der Waals surface area contributed by atoms with Gasteiger partial charge in [-0.1, -0.05) is 18.2 Å². The van der Waals surface area contributed by atoms with Crippen LogP contribution in [0.15, 0.2) is 48.0 Å². The number of thiocarbonyl (C=S) groups is 1. The second-order valence-electron chi connectivity index (χ2n) is 5.30. The van der Waals surface area contributed by atoms with Crippen molar-refractivity contribution in [3.8, 4) is 5.75 Å². The molecular weight excluding hydrogens is 470 g/mol. The second kappa shape index (κ2) is 7.50. The van der Waals surface area contributed by atoms with Gasteiger partial charge in [0.15, 0.2) is 5.11 Å². The number of para-hydroxylation sites is 1. The van der Waals surface area contributed by atoms with Crippen molar-refractivity contribution in [2.45, 2.75) is 0 Å². The molecule has 5 nitrogen and oxygen atoms in total. The van der Waals surface area contributed by atoms with E-state index in [0.717, 1.165) is 8.47 Å². The summed E-state index contributed by atoms with van der Waals surface area (Å²) in [5.41, 5.74) is 0.482. The van der Waals surface area contributed by atoms with E-state index < -0.39 is 17.6 Å². The maximum atomic E-state index is 14.1. The fourth-order valence-electron chi connectivity index (χ4n) is 2.45. The summed E-state index contributed by atoms with van der Waals surface area (Å²) < 4.78 is 20.1. The highest BCUT2D eigenvalue weighted by Gasteiger charge is 2.35. The summed E-state index contributed by atoms with van der Waals surface area (Å²) in [5.74, 6) is -1.24. The van der Waals surface area contributed by atoms with Crippen molar-refractivity contribution in [1.29, 1.82) is 0 Å². The number of nitrogens with zero attached hydrogens (tertiary/aromatic N) is 1. The molecule has 1 N–H and O–H groups in total. The molecule has 1 fully saturated rings. The second-order valence-corrected chi connectivity index (χ2v) is 6.85. The van der Waals surface area contributed by atoms with Crippen LogP contribution in [-0.2, 0) is 9.59 Å². The van der Waals surface area contributed by atoms with Gasteiger partial charge in [0.25, 0.3) is 11.8 Å². The Kier molecular flexibility index (Phi) is 5.33. The molecule has 0 spiro atoms. The van der Waals surface area contributed by atoms with Crippen molar-refractivity contribution < 1.29 is 18.7 Å². The number of amides is 2. The summed E-state index contributed by atoms with van der Waals surface area (Å²) in [6.07, 6.45) is 1.44. The van der Waals surface area contributed by atoms with Crippen LogP contribution in [0.25, 0.3) is 6.08 Å². The lowest BCUT2D eigenvalue weighted by Gasteiger charge is -2.29. The third-order valence-corrected chi connectivity index (χ3v) is 4.81. The van der Waals surface area contributed by atoms with Gasteiger partial charge in [0.2, 0.25) is 0 Å². The molecule has 0 atom stereocenters. The largest absolute Gasteiger partial charge is 0.496 e. The Hall–Kier alpha value is -2.33. The minimum atomic E-state index is -0.685. The zero-order valence-corrected chi connectivity index (χ0v) is 16.4. The summed E-state index contributed by atoms with van der Waals surface area (Å²) in [6, 6.07) is 11.0. The first-order valence-corrected chi connectivity index (χ1v) is 8.90. The Balaban J connectivity index is 2.03. The van der Waals surface area contributed by atoms with Crippen LogP contribution < -0.4 is 15.0 Å². The van der Waals surface area contributed by atoms with E-state index >= 15 is 0 Å². The van der Waals surface area contributed by atoms with Gasteiger partial charge in [-0.3, -0.25) is 14.9 Å². The molecule has 1 aliphatic rings. The quantitative estimate of drug-likeness (QED) is 0.316. The molecule has 1 aliphatic heterocycles. The number of rotatable bonds is 3. The molecule has 2 amide bonds. The molecule has 2 aromatic rings. The van der Waals surface area contributed by atoms with Gasteiger partial charge in [-0.05, 0) is 70.7 Å². The van der Waals surface area contributed by atoms with Crippen molar-refractivity contribution in [1.82, 2.24) is 5.32 Å². The zero-order chi connectivity index (χ0) is 18.8. The van der Waals surface area contributed by atoms with Crippen LogP contribution in [0.1, 0.15) is 5.56 Å². The van der Waals surface area contributed by atoms with E-state index in [4.69, 9.17) is 17.0 Å². The molecule has 0 aromatic heterocycles. The Morgan fingerprint density at radius 3 is 2.62 bits per heavy atom. The van der Waals surface area contributed by atoms with E-state index in [1.165, 1.54) is 24.3 Å². The van der Waals surface area contributed by atoms with Gasteiger partial charge in [0.1, 0.15) is 17.1 Å². The average Bonchev–Trinajstić information content (AvgIpc) is 2.60. The predicted molar refractivity (Wildman–Crippen MR) is 108 cm³/mol. The Morgan fingerprint density at radius 2 is 1.96 bits per heavy atom. The Morgan fingerprint density at radius 1 is 1.23 bits per heavy atom. The molecule has 0 aliphatic carbocycles. The number of hydrogen-bond donors (Lipinski definition) is 1. The number of nitrogens with one attached hydrogen (secondary N) is 1. The van der Waals surface area contributed by atoms with Crippen molar-refractivity contribution in [2.75, 3.05) is 12.0 Å². The molecule has 0 bridgehead atoms. The fourth-order valence-corrected chi connectivity index (χ4v) is 3.48. The number of benzene rings is 2. The van der Waals surface area contributed by atoms with Gasteiger partial charge in [0, 0.05) is 0 Å². The molecule has 0 unspecified atom stereocenters. The van der Waals surface area contributed by atoms with Gasteiger partial charge >= 0.3 is 0 Å². The topological polar surface area (TPSA) is 58.6 Å². The molecule has 1 heterocycles. The minimum Gasteiger partial charge on any atom is -0.496 e. The number of hydrogen-bond acceptors (Lipinski definition) is 4. The molecule has 2 aromatic carbocycles. The summed E-state index contributed by atoms with van der Waals surface area (Å²) in [4.78, 5) is 26.1. The zero-order valence-electron chi connectivity index (χ0n) is 13.5. The summed E-state index contributed by atoms with van der Waals surface area (Å²) in [5, 5.41) is 2.27. The number of methoxy groups -OCH3 is 1. The number of carbonyl (C=O) groups excluding carboxylic acids is 2. The van der Waals surface area contributed by atoms with Crippen LogP contribution >= 0.6 is 34.8 Å². The van der Waals surface area contributed by atoms with Crippen molar-refractivity contribution in [3.63, 3.8) is 0 Å². The van der Waals surface area contributed by atoms with E-state index in [9.17, 15) is 14.0 Å². The van der Waals surface area contributed by atoms with Crippen molar-refractivity contribution in [3.05, 3.63) is 63.0 Å². The highest BCUT2D eigenvalue weighted by Crippen LogP contribution is 2.26. The lowest BCUT2D eigenvalue weighted by molar-refractivity contribution is -0.122. The van der Waals surface area contributed by atoms with Gasteiger partial charge in [-0.2, -0.15) is 0 Å². The van der Waals surface area contributed by atoms with Crippen LogP contribution in [0, 0.1) is 9.39 Å². The highest BCUT2D eigenvalue weighted by molar-refractivity contribution is 14.1. The third kappa shape index (κ3) is 3.47. The smallest absolute Gasteiger partial charge is 0.270 e. The highest BCUT2D eigenvalue weighted by atomic mass is 127. The Labute approximate surface area is 168 Å². The normalized spacial score (nSPS) is 16.0. The Bertz CT molecular complexity index is 961. The van der Waals surface area contributed by atoms with Gasteiger partial charge in [0.05, 0.1) is 16.4 Å². The molecule has 132 valence electrons. The van der Waals surface area contributed by atoms with Gasteiger partial charge in [-0.15, -0.1) is 0 Å². The molecule has 3 rings (SSSR count). The standard InChI is InChI=1S/C18H12FIN2O3S/c1-25-15-7-6-10(9-13(15)20)8-11-16(23)21-18(26)22(17(11)24)14-5-3-2-4-12(14)19/h2-9H,1H3,(H,21,23,26)/b11-8+. The van der Waals surface area contributed by atoms with Crippen LogP contribution in [0.2, 0.25) is 0 Å². The van der Waals surface area contributed by atoms with Crippen LogP contribution in [0.3, 0.4) is 0 Å². The van der Waals surface area contributed by atoms with E-state index in [1.54, 1.807) is 31.4 Å². The first-order valence-electron chi connectivity index (χ1n) is 7.42. The number of halogens is 2. The number of carbonyl (C=O) groups is 2. The van der Waals surface area contributed by atoms with E-state index in [1.807, 2.05) is 0 Å². The van der Waals surface area contributed by atoms with Crippen molar-refractivity contribution in [2.24, 2.45) is 0 Å². The lowest BCUT2D eigenvalue weighted by Crippen LogP contribution is -2.54. The van der Waals surface area contributed by atoms with Crippen LogP contribution in [0.5, 0.6) is 5.75 Å². The molecule has 0 radical (unpaired) electrons. The van der Waals surface area contributed by atoms with Crippen molar-refractivity contribution >= 4 is 63.5 Å². The summed E-state index contributed by atoms with van der Waals surface area (Å²) >= 11 is 7.15. The SMILES string of the molecule is COc1ccc(/C=C2\C(=O)NC(=S)N(c3ccccc3F)C2=O)cc1I. The molecule has 1 saturated heterocycles. The monoisotopic (exact) mass is 482 g/mol. The number of anilines is 1. The van der Waals surface area contributed by atoms with Crippen LogP contribution in [0.4, 0.5) is 10.1 Å². The predicted octanol–water partition coefficient (Wildman–Crippen LogP) is 3.27. The molecule has 0 saturated carbocycles. The summed E-state index contributed by atoms with van der Waals surface area (Å²) in [7, 11) is 1.56. The fraction of sp³-hybridized carbons (Fsp3) is 0.0556. The first kappa shape index (κ1) is 18.5. The number of ether oxygens (including phenoxy) is 1. The summed E-state index contributed by atoms with van der Waals surface area (Å²) in [6.45, 7) is 0. The van der Waals surface area contributed by atoms with Gasteiger partial charge in [-0.25, -0.2) is 9.29 Å². The molecule has 8 heteroatoms. The van der Waals surface area contributed by atoms with E-state index in [2.05, 4.69) is 27.9 Å². The molecular formula is C18H12FIN2O3S. The van der Waals surface area contributed by atoms with Crippen LogP contribution in [-0.4, -0.2) is 24.0 Å². The minimum absolute atomic E-state index is 0.0160. The van der Waals surface area contributed by atoms with E-state index in [-0.39, 0.29) is 16.4 Å². The lowest BCUT2D eigenvalue weighted by atomic mass is 10.1. The van der Waals surface area contributed by atoms with E-state index in [0.29, 0.717) is 11.3 Å². The molecule has 26 heavy (non-hydrogen) atoms. The van der Waals surface area contributed by atoms with Gasteiger partial charge < -0.3 is 4.74 Å². The maximum absolute atomic E-state index is 14.1.